The zero-order chi connectivity index (χ0) is 20.8. The second-order valence-electron chi connectivity index (χ2n) is 8.67. The molecule has 1 N–H and O–H groups in total. The monoisotopic (exact) mass is 406 g/mol. The number of ether oxygens (including phenoxy) is 1. The molecule has 160 valence electrons. The maximum atomic E-state index is 13.7. The molecule has 4 nitrogen and oxygen atoms in total. The Morgan fingerprint density at radius 3 is 2.20 bits per heavy atom. The van der Waals surface area contributed by atoms with Crippen LogP contribution in [0.4, 0.5) is 0 Å². The van der Waals surface area contributed by atoms with Crippen molar-refractivity contribution in [2.24, 2.45) is 5.92 Å². The summed E-state index contributed by atoms with van der Waals surface area (Å²) in [5, 5.41) is 3.39. The lowest BCUT2D eigenvalue weighted by atomic mass is 9.68. The Morgan fingerprint density at radius 2 is 1.63 bits per heavy atom. The summed E-state index contributed by atoms with van der Waals surface area (Å²) >= 11 is 0. The molecular formula is C26H34N2O2. The standard InChI is InChI=1S/C26H34N2O2/c1-2-30-26(23-14-9-15-23,22-12-7-4-8-13-22)25(29)27-24-16-18-28(19-17-24)20-21-10-5-3-6-11-21/h3-8,10-13,23-24H,2,9,14-20H2,1H3,(H,27,29). The van der Waals surface area contributed by atoms with E-state index in [1.165, 1.54) is 12.0 Å². The molecule has 1 saturated heterocycles. The zero-order valence-corrected chi connectivity index (χ0v) is 18.1. The third-order valence-electron chi connectivity index (χ3n) is 6.76. The van der Waals surface area contributed by atoms with Crippen molar-refractivity contribution in [3.05, 3.63) is 71.8 Å². The van der Waals surface area contributed by atoms with Crippen LogP contribution in [0.15, 0.2) is 60.7 Å². The molecule has 2 fully saturated rings. The number of piperidine rings is 1. The van der Waals surface area contributed by atoms with E-state index in [0.717, 1.165) is 50.9 Å². The van der Waals surface area contributed by atoms with E-state index < -0.39 is 5.60 Å². The molecule has 1 aliphatic heterocycles. The SMILES string of the molecule is CCOC(C(=O)NC1CCN(Cc2ccccc2)CC1)(c1ccccc1)C1CCC1. The molecule has 30 heavy (non-hydrogen) atoms. The third kappa shape index (κ3) is 4.45. The Kier molecular flexibility index (Phi) is 6.86. The predicted molar refractivity (Wildman–Crippen MR) is 120 cm³/mol. The van der Waals surface area contributed by atoms with Gasteiger partial charge in [0.05, 0.1) is 0 Å². The first kappa shape index (κ1) is 21.1. The minimum Gasteiger partial charge on any atom is -0.360 e. The molecule has 1 amide bonds. The molecule has 0 bridgehead atoms. The summed E-state index contributed by atoms with van der Waals surface area (Å²) in [5.74, 6) is 0.319. The predicted octanol–water partition coefficient (Wildman–Crippen LogP) is 4.50. The number of hydrogen-bond donors (Lipinski definition) is 1. The number of benzene rings is 2. The highest BCUT2D eigenvalue weighted by molar-refractivity contribution is 5.87. The highest BCUT2D eigenvalue weighted by Crippen LogP contribution is 2.45. The van der Waals surface area contributed by atoms with E-state index in [0.29, 0.717) is 6.61 Å². The summed E-state index contributed by atoms with van der Waals surface area (Å²) in [7, 11) is 0. The average Bonchev–Trinajstić information content (AvgIpc) is 2.75. The Hall–Kier alpha value is -2.17. The van der Waals surface area contributed by atoms with Gasteiger partial charge >= 0.3 is 0 Å². The van der Waals surface area contributed by atoms with E-state index in [9.17, 15) is 4.79 Å². The number of amides is 1. The Labute approximate surface area is 180 Å². The van der Waals surface area contributed by atoms with Gasteiger partial charge in [0.2, 0.25) is 0 Å². The summed E-state index contributed by atoms with van der Waals surface area (Å²) < 4.78 is 6.30. The number of likely N-dealkylation sites (tertiary alicyclic amines) is 1. The smallest absolute Gasteiger partial charge is 0.257 e. The van der Waals surface area contributed by atoms with Crippen molar-refractivity contribution in [2.75, 3.05) is 19.7 Å². The number of rotatable bonds is 8. The second-order valence-corrected chi connectivity index (χ2v) is 8.67. The van der Waals surface area contributed by atoms with Crippen molar-refractivity contribution < 1.29 is 9.53 Å². The number of nitrogens with zero attached hydrogens (tertiary/aromatic N) is 1. The van der Waals surface area contributed by atoms with Crippen molar-refractivity contribution in [1.82, 2.24) is 10.2 Å². The number of carbonyl (C=O) groups excluding carboxylic acids is 1. The van der Waals surface area contributed by atoms with Crippen LogP contribution in [0.25, 0.3) is 0 Å². The maximum absolute atomic E-state index is 13.7. The lowest BCUT2D eigenvalue weighted by Crippen LogP contribution is -2.56. The quantitative estimate of drug-likeness (QED) is 0.702. The van der Waals surface area contributed by atoms with Gasteiger partial charge in [0, 0.05) is 38.2 Å². The Balaban J connectivity index is 1.42. The summed E-state index contributed by atoms with van der Waals surface area (Å²) in [4.78, 5) is 16.2. The molecule has 0 radical (unpaired) electrons. The van der Waals surface area contributed by atoms with Gasteiger partial charge in [0.15, 0.2) is 5.60 Å². The lowest BCUT2D eigenvalue weighted by Gasteiger charge is -2.45. The van der Waals surface area contributed by atoms with E-state index in [-0.39, 0.29) is 17.9 Å². The van der Waals surface area contributed by atoms with Crippen LogP contribution in [0.2, 0.25) is 0 Å². The lowest BCUT2D eigenvalue weighted by molar-refractivity contribution is -0.165. The van der Waals surface area contributed by atoms with E-state index in [4.69, 9.17) is 4.74 Å². The number of hydrogen-bond acceptors (Lipinski definition) is 3. The minimum atomic E-state index is -0.852. The topological polar surface area (TPSA) is 41.6 Å². The van der Waals surface area contributed by atoms with Crippen LogP contribution in [-0.4, -0.2) is 36.5 Å². The average molecular weight is 407 g/mol. The van der Waals surface area contributed by atoms with Crippen molar-refractivity contribution in [3.63, 3.8) is 0 Å². The van der Waals surface area contributed by atoms with Crippen LogP contribution in [-0.2, 0) is 21.7 Å². The van der Waals surface area contributed by atoms with E-state index in [1.54, 1.807) is 0 Å². The highest BCUT2D eigenvalue weighted by Gasteiger charge is 2.50. The van der Waals surface area contributed by atoms with Gasteiger partial charge in [-0.25, -0.2) is 0 Å². The van der Waals surface area contributed by atoms with Gasteiger partial charge in [0.1, 0.15) is 0 Å². The molecule has 2 aromatic rings. The first-order chi connectivity index (χ1) is 14.7. The van der Waals surface area contributed by atoms with Crippen molar-refractivity contribution in [1.29, 1.82) is 0 Å². The van der Waals surface area contributed by atoms with E-state index in [1.807, 2.05) is 25.1 Å². The summed E-state index contributed by atoms with van der Waals surface area (Å²) in [6.45, 7) is 5.53. The van der Waals surface area contributed by atoms with Crippen LogP contribution < -0.4 is 5.32 Å². The zero-order valence-electron chi connectivity index (χ0n) is 18.1. The Bertz CT molecular complexity index is 798. The number of carbonyl (C=O) groups is 1. The molecule has 1 atom stereocenters. The van der Waals surface area contributed by atoms with E-state index in [2.05, 4.69) is 52.7 Å². The Morgan fingerprint density at radius 1 is 1.00 bits per heavy atom. The van der Waals surface area contributed by atoms with Crippen LogP contribution in [0.5, 0.6) is 0 Å². The molecule has 4 heteroatoms. The van der Waals surface area contributed by atoms with Crippen LogP contribution >= 0.6 is 0 Å². The molecule has 1 unspecified atom stereocenters. The summed E-state index contributed by atoms with van der Waals surface area (Å²) in [6, 6.07) is 21.0. The summed E-state index contributed by atoms with van der Waals surface area (Å²) in [6.07, 6.45) is 5.26. The van der Waals surface area contributed by atoms with Gasteiger partial charge in [-0.3, -0.25) is 9.69 Å². The fourth-order valence-corrected chi connectivity index (χ4v) is 4.92. The fourth-order valence-electron chi connectivity index (χ4n) is 4.92. The van der Waals surface area contributed by atoms with Crippen molar-refractivity contribution in [3.8, 4) is 0 Å². The fraction of sp³-hybridized carbons (Fsp3) is 0.500. The molecule has 1 heterocycles. The first-order valence-corrected chi connectivity index (χ1v) is 11.5. The molecule has 1 aliphatic carbocycles. The largest absolute Gasteiger partial charge is 0.360 e. The van der Waals surface area contributed by atoms with Crippen molar-refractivity contribution in [2.45, 2.75) is 57.2 Å². The van der Waals surface area contributed by atoms with Gasteiger partial charge in [-0.15, -0.1) is 0 Å². The van der Waals surface area contributed by atoms with Crippen LogP contribution in [0, 0.1) is 5.92 Å². The molecule has 2 aliphatic rings. The van der Waals surface area contributed by atoms with Gasteiger partial charge in [-0.2, -0.15) is 0 Å². The van der Waals surface area contributed by atoms with E-state index >= 15 is 0 Å². The molecule has 2 aromatic carbocycles. The second kappa shape index (κ2) is 9.76. The summed E-state index contributed by atoms with van der Waals surface area (Å²) in [5.41, 5.74) is 1.50. The third-order valence-corrected chi connectivity index (χ3v) is 6.76. The minimum absolute atomic E-state index is 0.0572. The maximum Gasteiger partial charge on any atom is 0.257 e. The normalized spacial score (nSPS) is 20.3. The molecule has 1 saturated carbocycles. The molecular weight excluding hydrogens is 372 g/mol. The van der Waals surface area contributed by atoms with Gasteiger partial charge in [-0.05, 0) is 43.7 Å². The van der Waals surface area contributed by atoms with Gasteiger partial charge in [-0.1, -0.05) is 67.1 Å². The van der Waals surface area contributed by atoms with Gasteiger partial charge in [0.25, 0.3) is 5.91 Å². The first-order valence-electron chi connectivity index (χ1n) is 11.5. The van der Waals surface area contributed by atoms with Crippen LogP contribution in [0.3, 0.4) is 0 Å². The van der Waals surface area contributed by atoms with Gasteiger partial charge < -0.3 is 10.1 Å². The number of nitrogens with one attached hydrogen (secondary N) is 1. The van der Waals surface area contributed by atoms with Crippen molar-refractivity contribution >= 4 is 5.91 Å². The molecule has 4 rings (SSSR count). The molecule has 0 spiro atoms. The molecule has 0 aromatic heterocycles. The van der Waals surface area contributed by atoms with Crippen LogP contribution in [0.1, 0.15) is 50.2 Å². The highest BCUT2D eigenvalue weighted by atomic mass is 16.5.